The first-order valence-corrected chi connectivity index (χ1v) is 10.5. The molecule has 4 aromatic rings. The normalized spacial score (nSPS) is 11.7. The van der Waals surface area contributed by atoms with Gasteiger partial charge in [-0.25, -0.2) is 24.7 Å². The van der Waals surface area contributed by atoms with E-state index in [1.54, 1.807) is 19.7 Å². The van der Waals surface area contributed by atoms with Crippen LogP contribution in [0.15, 0.2) is 28.6 Å². The minimum absolute atomic E-state index is 0.297. The highest BCUT2D eigenvalue weighted by molar-refractivity contribution is 5.81. The van der Waals surface area contributed by atoms with Crippen LogP contribution in [-0.2, 0) is 27.2 Å². The molecule has 0 aliphatic carbocycles. The number of anilines is 1. The lowest BCUT2D eigenvalue weighted by molar-refractivity contribution is 0.536. The lowest BCUT2D eigenvalue weighted by Gasteiger charge is -2.07. The monoisotopic (exact) mass is 425 g/mol. The number of nitrogens with zero attached hydrogens (tertiary/aromatic N) is 8. The highest BCUT2D eigenvalue weighted by atomic mass is 16.2. The highest BCUT2D eigenvalue weighted by Gasteiger charge is 2.13. The largest absolute Gasteiger partial charge is 0.382 e. The number of fused-ring (bicyclic) bond motifs is 2. The van der Waals surface area contributed by atoms with Crippen LogP contribution in [0.2, 0.25) is 0 Å². The summed E-state index contributed by atoms with van der Waals surface area (Å²) in [7, 11) is 3.13. The van der Waals surface area contributed by atoms with Crippen molar-refractivity contribution in [3.8, 4) is 0 Å². The molecule has 0 bridgehead atoms. The summed E-state index contributed by atoms with van der Waals surface area (Å²) in [6.07, 6.45) is 11.4. The van der Waals surface area contributed by atoms with Gasteiger partial charge in [0.2, 0.25) is 0 Å². The van der Waals surface area contributed by atoms with Crippen molar-refractivity contribution in [1.29, 1.82) is 0 Å². The number of aryl methyl sites for hydroxylation is 3. The van der Waals surface area contributed by atoms with Gasteiger partial charge in [0.15, 0.2) is 22.6 Å². The van der Waals surface area contributed by atoms with Gasteiger partial charge in [-0.05, 0) is 12.8 Å². The maximum atomic E-state index is 12.5. The summed E-state index contributed by atoms with van der Waals surface area (Å²) in [6, 6.07) is 0. The summed E-state index contributed by atoms with van der Waals surface area (Å²) in [5.74, 6) is 0.412. The summed E-state index contributed by atoms with van der Waals surface area (Å²) in [5, 5.41) is 0. The van der Waals surface area contributed by atoms with Crippen LogP contribution in [0, 0.1) is 0 Å². The highest BCUT2D eigenvalue weighted by Crippen LogP contribution is 2.16. The molecule has 4 aromatic heterocycles. The van der Waals surface area contributed by atoms with Crippen molar-refractivity contribution in [2.45, 2.75) is 51.6 Å². The van der Waals surface area contributed by atoms with E-state index in [9.17, 15) is 9.59 Å². The number of hydrogen-bond acceptors (Lipinski definition) is 7. The molecule has 0 saturated carbocycles. The van der Waals surface area contributed by atoms with E-state index in [-0.39, 0.29) is 11.2 Å². The van der Waals surface area contributed by atoms with Crippen LogP contribution in [0.1, 0.15) is 38.5 Å². The molecule has 0 aliphatic rings. The molecule has 0 aliphatic heterocycles. The van der Waals surface area contributed by atoms with Crippen molar-refractivity contribution in [2.24, 2.45) is 14.1 Å². The molecule has 11 nitrogen and oxygen atoms in total. The van der Waals surface area contributed by atoms with Crippen molar-refractivity contribution >= 4 is 28.1 Å². The molecule has 0 fully saturated rings. The van der Waals surface area contributed by atoms with Gasteiger partial charge in [0, 0.05) is 27.2 Å². The van der Waals surface area contributed by atoms with E-state index in [1.165, 1.54) is 17.9 Å². The fraction of sp³-hybridized carbons (Fsp3) is 0.500. The number of nitrogens with two attached hydrogens (primary N) is 1. The average Bonchev–Trinajstić information content (AvgIpc) is 3.38. The van der Waals surface area contributed by atoms with Crippen molar-refractivity contribution in [3.63, 3.8) is 0 Å². The molecule has 0 spiro atoms. The van der Waals surface area contributed by atoms with E-state index in [2.05, 4.69) is 19.9 Å². The smallest absolute Gasteiger partial charge is 0.332 e. The Balaban J connectivity index is 1.22. The first-order valence-electron chi connectivity index (χ1n) is 10.5. The molecule has 0 radical (unpaired) electrons. The zero-order valence-corrected chi connectivity index (χ0v) is 17.9. The molecule has 31 heavy (non-hydrogen) atoms. The van der Waals surface area contributed by atoms with Crippen LogP contribution in [0.25, 0.3) is 22.3 Å². The van der Waals surface area contributed by atoms with E-state index in [0.717, 1.165) is 55.3 Å². The topological polar surface area (TPSA) is 131 Å². The summed E-state index contributed by atoms with van der Waals surface area (Å²) >= 11 is 0. The zero-order chi connectivity index (χ0) is 22.0. The van der Waals surface area contributed by atoms with Gasteiger partial charge in [0.25, 0.3) is 5.56 Å². The van der Waals surface area contributed by atoms with Crippen molar-refractivity contribution in [1.82, 2.24) is 38.2 Å². The Morgan fingerprint density at radius 2 is 1.42 bits per heavy atom. The average molecular weight is 425 g/mol. The third-order valence-corrected chi connectivity index (χ3v) is 5.69. The predicted molar refractivity (Wildman–Crippen MR) is 118 cm³/mol. The van der Waals surface area contributed by atoms with Crippen LogP contribution >= 0.6 is 0 Å². The Labute approximate surface area is 178 Å². The fourth-order valence-electron chi connectivity index (χ4n) is 3.90. The van der Waals surface area contributed by atoms with E-state index in [1.807, 2.05) is 9.13 Å². The second kappa shape index (κ2) is 8.70. The summed E-state index contributed by atoms with van der Waals surface area (Å²) in [5.41, 5.74) is 7.53. The van der Waals surface area contributed by atoms with Crippen LogP contribution in [0.4, 0.5) is 5.82 Å². The number of imidazole rings is 2. The molecule has 2 N–H and O–H groups in total. The molecule has 0 unspecified atom stereocenters. The van der Waals surface area contributed by atoms with E-state index < -0.39 is 0 Å². The minimum Gasteiger partial charge on any atom is -0.382 e. The molecule has 0 atom stereocenters. The van der Waals surface area contributed by atoms with E-state index >= 15 is 0 Å². The summed E-state index contributed by atoms with van der Waals surface area (Å²) in [4.78, 5) is 41.2. The lowest BCUT2D eigenvalue weighted by Crippen LogP contribution is -2.37. The van der Waals surface area contributed by atoms with Gasteiger partial charge in [-0.3, -0.25) is 13.9 Å². The number of unbranched alkanes of at least 4 members (excludes halogenated alkanes) is 5. The third-order valence-electron chi connectivity index (χ3n) is 5.69. The number of aromatic nitrogens is 8. The van der Waals surface area contributed by atoms with Crippen LogP contribution in [-0.4, -0.2) is 38.2 Å². The maximum absolute atomic E-state index is 12.5. The van der Waals surface area contributed by atoms with Crippen LogP contribution in [0.3, 0.4) is 0 Å². The van der Waals surface area contributed by atoms with Crippen molar-refractivity contribution < 1.29 is 0 Å². The SMILES string of the molecule is Cn1c(=O)c2c(ncn2CCCCCCCCn2cnc3c(N)ncnc32)n(C)c1=O. The lowest BCUT2D eigenvalue weighted by atomic mass is 10.1. The van der Waals surface area contributed by atoms with Crippen molar-refractivity contribution in [3.05, 3.63) is 39.8 Å². The number of hydrogen-bond donors (Lipinski definition) is 1. The second-order valence-electron chi connectivity index (χ2n) is 7.81. The number of nitrogen functional groups attached to an aromatic ring is 1. The standard InChI is InChI=1S/C20H27N9O2/c1-26-18-15(19(30)27(2)20(26)31)28(13-25-18)9-7-5-3-4-6-8-10-29-12-24-14-16(21)22-11-23-17(14)29/h11-13H,3-10H2,1-2H3,(H2,21,22,23). The van der Waals surface area contributed by atoms with Gasteiger partial charge in [0.1, 0.15) is 11.8 Å². The molecule has 0 saturated heterocycles. The van der Waals surface area contributed by atoms with E-state index in [0.29, 0.717) is 29.0 Å². The maximum Gasteiger partial charge on any atom is 0.332 e. The third kappa shape index (κ3) is 3.94. The van der Waals surface area contributed by atoms with Crippen LogP contribution < -0.4 is 17.0 Å². The molecular formula is C20H27N9O2. The quantitative estimate of drug-likeness (QED) is 0.399. The summed E-state index contributed by atoms with van der Waals surface area (Å²) < 4.78 is 6.42. The van der Waals surface area contributed by atoms with Gasteiger partial charge in [-0.1, -0.05) is 25.7 Å². The number of rotatable bonds is 9. The first kappa shape index (κ1) is 20.8. The van der Waals surface area contributed by atoms with Gasteiger partial charge in [0.05, 0.1) is 12.7 Å². The molecule has 0 amide bonds. The Morgan fingerprint density at radius 3 is 2.16 bits per heavy atom. The molecule has 0 aromatic carbocycles. The van der Waals surface area contributed by atoms with Crippen LogP contribution in [0.5, 0.6) is 0 Å². The Kier molecular flexibility index (Phi) is 5.83. The molecular weight excluding hydrogens is 398 g/mol. The zero-order valence-electron chi connectivity index (χ0n) is 17.9. The van der Waals surface area contributed by atoms with Gasteiger partial charge in [-0.15, -0.1) is 0 Å². The molecule has 164 valence electrons. The first-order chi connectivity index (χ1) is 15.0. The second-order valence-corrected chi connectivity index (χ2v) is 7.81. The molecule has 4 rings (SSSR count). The van der Waals surface area contributed by atoms with Gasteiger partial charge in [-0.2, -0.15) is 0 Å². The Morgan fingerprint density at radius 1 is 0.774 bits per heavy atom. The summed E-state index contributed by atoms with van der Waals surface area (Å²) in [6.45, 7) is 1.57. The molecule has 4 heterocycles. The Bertz CT molecular complexity index is 1330. The minimum atomic E-state index is -0.359. The Hall–Kier alpha value is -3.50. The van der Waals surface area contributed by atoms with Gasteiger partial charge >= 0.3 is 5.69 Å². The fourth-order valence-corrected chi connectivity index (χ4v) is 3.90. The predicted octanol–water partition coefficient (Wildman–Crippen LogP) is 1.20. The van der Waals surface area contributed by atoms with Crippen molar-refractivity contribution in [2.75, 3.05) is 5.73 Å². The van der Waals surface area contributed by atoms with Gasteiger partial charge < -0.3 is 14.9 Å². The molecule has 11 heteroatoms. The van der Waals surface area contributed by atoms with E-state index in [4.69, 9.17) is 5.73 Å².